The average Bonchev–Trinajstić information content (AvgIpc) is 2.06. The standard InChI is InChI=1S/C9H14N2/c1-9(2,3)8-5-4-7(10)6-11-8/h4-6H,10H2,1-3H3/i4D,5D,6D. The molecule has 1 rings (SSSR count). The van der Waals surface area contributed by atoms with Crippen molar-refractivity contribution in [1.29, 1.82) is 0 Å². The molecule has 0 aliphatic heterocycles. The van der Waals surface area contributed by atoms with E-state index in [2.05, 4.69) is 4.98 Å². The lowest BCUT2D eigenvalue weighted by Gasteiger charge is -2.16. The number of nitrogen functional groups attached to an aromatic ring is 1. The lowest BCUT2D eigenvalue weighted by molar-refractivity contribution is 0.569. The summed E-state index contributed by atoms with van der Waals surface area (Å²) in [6.45, 7) is 5.67. The number of hydrogen-bond donors (Lipinski definition) is 1. The quantitative estimate of drug-likeness (QED) is 0.618. The van der Waals surface area contributed by atoms with Gasteiger partial charge in [-0.25, -0.2) is 0 Å². The summed E-state index contributed by atoms with van der Waals surface area (Å²) in [5, 5.41) is 0. The van der Waals surface area contributed by atoms with E-state index < -0.39 is 0 Å². The Kier molecular flexibility index (Phi) is 1.09. The van der Waals surface area contributed by atoms with Crippen molar-refractivity contribution >= 4 is 5.69 Å². The summed E-state index contributed by atoms with van der Waals surface area (Å²) < 4.78 is 22.6. The lowest BCUT2D eigenvalue weighted by Crippen LogP contribution is -2.13. The van der Waals surface area contributed by atoms with E-state index >= 15 is 0 Å². The predicted octanol–water partition coefficient (Wildman–Crippen LogP) is 1.96. The first-order chi connectivity index (χ1) is 6.25. The zero-order valence-corrected chi connectivity index (χ0v) is 7.02. The molecule has 60 valence electrons. The van der Waals surface area contributed by atoms with Crippen LogP contribution in [-0.2, 0) is 5.41 Å². The van der Waals surface area contributed by atoms with Crippen LogP contribution in [0.2, 0.25) is 0 Å². The van der Waals surface area contributed by atoms with Crippen molar-refractivity contribution < 1.29 is 4.11 Å². The Morgan fingerprint density at radius 1 is 1.45 bits per heavy atom. The topological polar surface area (TPSA) is 38.9 Å². The van der Waals surface area contributed by atoms with Gasteiger partial charge in [0.2, 0.25) is 0 Å². The third-order valence-electron chi connectivity index (χ3n) is 1.31. The zero-order valence-electron chi connectivity index (χ0n) is 10.0. The van der Waals surface area contributed by atoms with E-state index in [1.807, 2.05) is 20.8 Å². The summed E-state index contributed by atoms with van der Waals surface area (Å²) in [5.41, 5.74) is 5.52. The van der Waals surface area contributed by atoms with Gasteiger partial charge in [0, 0.05) is 11.1 Å². The van der Waals surface area contributed by atoms with Crippen LogP contribution in [0.4, 0.5) is 5.69 Å². The highest BCUT2D eigenvalue weighted by molar-refractivity contribution is 5.35. The summed E-state index contributed by atoms with van der Waals surface area (Å²) in [5.74, 6) is 0. The van der Waals surface area contributed by atoms with E-state index in [9.17, 15) is 0 Å². The van der Waals surface area contributed by atoms with Gasteiger partial charge >= 0.3 is 0 Å². The first kappa shape index (κ1) is 4.75. The van der Waals surface area contributed by atoms with Crippen LogP contribution >= 0.6 is 0 Å². The van der Waals surface area contributed by atoms with Crippen LogP contribution in [0, 0.1) is 0 Å². The molecule has 0 aromatic carbocycles. The number of aromatic nitrogens is 1. The molecule has 0 aliphatic rings. The molecule has 0 amide bonds. The second kappa shape index (κ2) is 2.53. The molecule has 0 atom stereocenters. The summed E-state index contributed by atoms with van der Waals surface area (Å²) in [6, 6.07) is -0.0825. The normalized spacial score (nSPS) is 15.4. The fourth-order valence-electron chi connectivity index (χ4n) is 0.654. The van der Waals surface area contributed by atoms with Crippen LogP contribution in [0.15, 0.2) is 18.3 Å². The smallest absolute Gasteiger partial charge is 0.0862 e. The average molecular weight is 153 g/mol. The number of rotatable bonds is 0. The molecule has 0 saturated heterocycles. The Morgan fingerprint density at radius 3 is 2.64 bits per heavy atom. The van der Waals surface area contributed by atoms with Crippen molar-refractivity contribution in [3.63, 3.8) is 0 Å². The van der Waals surface area contributed by atoms with Gasteiger partial charge in [-0.1, -0.05) is 20.8 Å². The van der Waals surface area contributed by atoms with Crippen LogP contribution in [0.3, 0.4) is 0 Å². The largest absolute Gasteiger partial charge is 0.397 e. The Bertz CT molecular complexity index is 369. The van der Waals surface area contributed by atoms with Crippen molar-refractivity contribution in [3.8, 4) is 0 Å². The Morgan fingerprint density at radius 2 is 2.09 bits per heavy atom. The number of hydrogen-bond acceptors (Lipinski definition) is 2. The van der Waals surface area contributed by atoms with Gasteiger partial charge in [-0.2, -0.15) is 0 Å². The molecule has 1 heterocycles. The fourth-order valence-corrected chi connectivity index (χ4v) is 0.654. The van der Waals surface area contributed by atoms with Crippen molar-refractivity contribution in [2.24, 2.45) is 0 Å². The molecule has 1 aromatic heterocycles. The third kappa shape index (κ3) is 1.93. The molecule has 1 aromatic rings. The maximum atomic E-state index is 7.68. The van der Waals surface area contributed by atoms with E-state index in [-0.39, 0.29) is 29.4 Å². The third-order valence-corrected chi connectivity index (χ3v) is 1.31. The molecule has 0 bridgehead atoms. The first-order valence-electron chi connectivity index (χ1n) is 4.99. The molecule has 0 fully saturated rings. The minimum Gasteiger partial charge on any atom is -0.397 e. The van der Waals surface area contributed by atoms with Gasteiger partial charge in [-0.3, -0.25) is 4.98 Å². The minimum atomic E-state index is -0.337. The lowest BCUT2D eigenvalue weighted by atomic mass is 9.92. The molecule has 0 aliphatic carbocycles. The van der Waals surface area contributed by atoms with Crippen LogP contribution in [0.1, 0.15) is 30.6 Å². The van der Waals surface area contributed by atoms with E-state index in [1.165, 1.54) is 0 Å². The molecule has 0 spiro atoms. The van der Waals surface area contributed by atoms with E-state index in [1.54, 1.807) is 0 Å². The molecule has 0 saturated carbocycles. The molecular formula is C9H14N2. The molecule has 2 heteroatoms. The highest BCUT2D eigenvalue weighted by Crippen LogP contribution is 2.19. The molecule has 11 heavy (non-hydrogen) atoms. The van der Waals surface area contributed by atoms with E-state index in [4.69, 9.17) is 9.85 Å². The van der Waals surface area contributed by atoms with Crippen molar-refractivity contribution in [2.45, 2.75) is 26.2 Å². The molecule has 2 nitrogen and oxygen atoms in total. The van der Waals surface area contributed by atoms with Crippen LogP contribution in [0.5, 0.6) is 0 Å². The zero-order chi connectivity index (χ0) is 11.1. The second-order valence-electron chi connectivity index (χ2n) is 3.49. The molecular weight excluding hydrogens is 136 g/mol. The fraction of sp³-hybridized carbons (Fsp3) is 0.444. The summed E-state index contributed by atoms with van der Waals surface area (Å²) in [7, 11) is 0. The maximum absolute atomic E-state index is 7.68. The molecule has 2 N–H and O–H groups in total. The van der Waals surface area contributed by atoms with E-state index in [0.717, 1.165) is 0 Å². The SMILES string of the molecule is [2H]c1nc(C(C)(C)C)c([2H])c([2H])c1N. The van der Waals surface area contributed by atoms with Crippen molar-refractivity contribution in [2.75, 3.05) is 5.73 Å². The van der Waals surface area contributed by atoms with Gasteiger partial charge in [-0.05, 0) is 12.1 Å². The van der Waals surface area contributed by atoms with Crippen LogP contribution < -0.4 is 5.73 Å². The van der Waals surface area contributed by atoms with Crippen LogP contribution in [-0.4, -0.2) is 4.98 Å². The molecule has 0 radical (unpaired) electrons. The van der Waals surface area contributed by atoms with Gasteiger partial charge in [0.05, 0.1) is 16.0 Å². The Labute approximate surface area is 71.7 Å². The second-order valence-corrected chi connectivity index (χ2v) is 3.49. The van der Waals surface area contributed by atoms with Gasteiger partial charge < -0.3 is 5.73 Å². The highest BCUT2D eigenvalue weighted by Gasteiger charge is 2.13. The van der Waals surface area contributed by atoms with Gasteiger partial charge in [-0.15, -0.1) is 0 Å². The van der Waals surface area contributed by atoms with Crippen molar-refractivity contribution in [1.82, 2.24) is 4.98 Å². The highest BCUT2D eigenvalue weighted by atomic mass is 14.7. The minimum absolute atomic E-state index is 0.0194. The number of anilines is 1. The maximum Gasteiger partial charge on any atom is 0.0862 e. The Balaban J connectivity index is 3.49. The summed E-state index contributed by atoms with van der Waals surface area (Å²) in [4.78, 5) is 3.94. The first-order valence-corrected chi connectivity index (χ1v) is 3.49. The predicted molar refractivity (Wildman–Crippen MR) is 47.3 cm³/mol. The number of pyridine rings is 1. The number of nitrogens with two attached hydrogens (primary N) is 1. The molecule has 0 unspecified atom stereocenters. The Hall–Kier alpha value is -1.05. The summed E-state index contributed by atoms with van der Waals surface area (Å²) >= 11 is 0. The van der Waals surface area contributed by atoms with Gasteiger partial charge in [0.15, 0.2) is 0 Å². The van der Waals surface area contributed by atoms with Crippen LogP contribution in [0.25, 0.3) is 0 Å². The van der Waals surface area contributed by atoms with Gasteiger partial charge in [0.1, 0.15) is 0 Å². The van der Waals surface area contributed by atoms with Crippen molar-refractivity contribution in [3.05, 3.63) is 24.0 Å². The monoisotopic (exact) mass is 153 g/mol. The van der Waals surface area contributed by atoms with E-state index in [0.29, 0.717) is 5.69 Å². The summed E-state index contributed by atoms with van der Waals surface area (Å²) in [6.07, 6.45) is -0.115. The number of nitrogens with zero attached hydrogens (tertiary/aromatic N) is 1. The van der Waals surface area contributed by atoms with Gasteiger partial charge in [0.25, 0.3) is 0 Å².